The third kappa shape index (κ3) is 7.48. The van der Waals surface area contributed by atoms with Gasteiger partial charge in [-0.2, -0.15) is 0 Å². The summed E-state index contributed by atoms with van der Waals surface area (Å²) in [7, 11) is 0. The van der Waals surface area contributed by atoms with E-state index in [2.05, 4.69) is 25.7 Å². The highest BCUT2D eigenvalue weighted by Crippen LogP contribution is 2.05. The van der Waals surface area contributed by atoms with Gasteiger partial charge in [0.05, 0.1) is 0 Å². The molecular formula is C10H18. The summed E-state index contributed by atoms with van der Waals surface area (Å²) >= 11 is 0. The van der Waals surface area contributed by atoms with E-state index in [1.165, 1.54) is 25.7 Å². The van der Waals surface area contributed by atoms with Crippen molar-refractivity contribution >= 4 is 0 Å². The Balaban J connectivity index is 0.000000162. The second kappa shape index (κ2) is 8.48. The zero-order valence-corrected chi connectivity index (χ0v) is 6.97. The van der Waals surface area contributed by atoms with Crippen molar-refractivity contribution in [1.29, 1.82) is 0 Å². The molecule has 0 aromatic carbocycles. The molecule has 0 heteroatoms. The van der Waals surface area contributed by atoms with Gasteiger partial charge >= 0.3 is 0 Å². The SMILES string of the molecule is C1=CCCC1.C=CCCC. The number of allylic oxidation sites excluding steroid dienone is 3. The lowest BCUT2D eigenvalue weighted by atomic mass is 10.3. The first-order valence-electron chi connectivity index (χ1n) is 4.17. The van der Waals surface area contributed by atoms with E-state index in [0.717, 1.165) is 6.42 Å². The van der Waals surface area contributed by atoms with Crippen LogP contribution in [0.3, 0.4) is 0 Å². The third-order valence-corrected chi connectivity index (χ3v) is 1.40. The molecular weight excluding hydrogens is 120 g/mol. The smallest absolute Gasteiger partial charge is 0.0348 e. The fourth-order valence-electron chi connectivity index (χ4n) is 0.793. The van der Waals surface area contributed by atoms with Crippen LogP contribution in [-0.4, -0.2) is 0 Å². The first kappa shape index (κ1) is 9.48. The Hall–Kier alpha value is -0.520. The van der Waals surface area contributed by atoms with Crippen LogP contribution in [0.1, 0.15) is 39.0 Å². The maximum atomic E-state index is 3.55. The van der Waals surface area contributed by atoms with Crippen LogP contribution in [0.2, 0.25) is 0 Å². The van der Waals surface area contributed by atoms with Crippen molar-refractivity contribution in [3.63, 3.8) is 0 Å². The molecule has 1 aliphatic carbocycles. The van der Waals surface area contributed by atoms with Gasteiger partial charge in [0.2, 0.25) is 0 Å². The second-order valence-electron chi connectivity index (χ2n) is 2.48. The van der Waals surface area contributed by atoms with E-state index in [0.29, 0.717) is 0 Å². The van der Waals surface area contributed by atoms with Gasteiger partial charge in [-0.25, -0.2) is 0 Å². The summed E-state index contributed by atoms with van der Waals surface area (Å²) in [6.45, 7) is 5.69. The highest BCUT2D eigenvalue weighted by Gasteiger charge is 1.84. The van der Waals surface area contributed by atoms with Crippen LogP contribution in [0.4, 0.5) is 0 Å². The van der Waals surface area contributed by atoms with Crippen molar-refractivity contribution in [2.45, 2.75) is 39.0 Å². The van der Waals surface area contributed by atoms with Gasteiger partial charge in [-0.15, -0.1) is 6.58 Å². The van der Waals surface area contributed by atoms with Crippen molar-refractivity contribution in [2.24, 2.45) is 0 Å². The normalized spacial score (nSPS) is 14.1. The zero-order chi connectivity index (χ0) is 7.66. The Morgan fingerprint density at radius 1 is 1.40 bits per heavy atom. The fourth-order valence-corrected chi connectivity index (χ4v) is 0.793. The minimum Gasteiger partial charge on any atom is -0.103 e. The van der Waals surface area contributed by atoms with E-state index >= 15 is 0 Å². The molecule has 0 heterocycles. The van der Waals surface area contributed by atoms with Crippen LogP contribution in [0, 0.1) is 0 Å². The van der Waals surface area contributed by atoms with Crippen molar-refractivity contribution in [2.75, 3.05) is 0 Å². The highest BCUT2D eigenvalue weighted by molar-refractivity contribution is 4.88. The molecule has 0 N–H and O–H groups in total. The van der Waals surface area contributed by atoms with Gasteiger partial charge in [0.1, 0.15) is 0 Å². The minimum atomic E-state index is 1.15. The standard InChI is InChI=1S/C5H8.C5H10/c1-2-4-5-3-1;1-3-5-4-2/h1-2H,3-5H2;3H,1,4-5H2,2H3. The maximum absolute atomic E-state index is 3.55. The van der Waals surface area contributed by atoms with Crippen LogP contribution in [0.25, 0.3) is 0 Å². The van der Waals surface area contributed by atoms with E-state index in [9.17, 15) is 0 Å². The Bertz CT molecular complexity index is 84.2. The monoisotopic (exact) mass is 138 g/mol. The Labute approximate surface area is 64.6 Å². The molecule has 0 nitrogen and oxygen atoms in total. The molecule has 0 aromatic rings. The summed E-state index contributed by atoms with van der Waals surface area (Å²) in [5.74, 6) is 0. The van der Waals surface area contributed by atoms with Gasteiger partial charge in [-0.1, -0.05) is 31.6 Å². The number of hydrogen-bond acceptors (Lipinski definition) is 0. The molecule has 58 valence electrons. The summed E-state index contributed by atoms with van der Waals surface area (Å²) in [6.07, 6.45) is 12.8. The summed E-state index contributed by atoms with van der Waals surface area (Å²) in [4.78, 5) is 0. The van der Waals surface area contributed by atoms with Crippen molar-refractivity contribution in [3.8, 4) is 0 Å². The largest absolute Gasteiger partial charge is 0.103 e. The molecule has 0 amide bonds. The molecule has 0 spiro atoms. The summed E-state index contributed by atoms with van der Waals surface area (Å²) in [5, 5.41) is 0. The first-order chi connectivity index (χ1) is 4.91. The lowest BCUT2D eigenvalue weighted by Gasteiger charge is -1.72. The molecule has 0 fully saturated rings. The lowest BCUT2D eigenvalue weighted by molar-refractivity contribution is 0.929. The molecule has 0 aromatic heterocycles. The number of unbranched alkanes of at least 4 members (excludes halogenated alkanes) is 1. The van der Waals surface area contributed by atoms with E-state index in [1.54, 1.807) is 0 Å². The molecule has 0 saturated carbocycles. The minimum absolute atomic E-state index is 1.15. The van der Waals surface area contributed by atoms with E-state index in [1.807, 2.05) is 6.08 Å². The number of hydrogen-bond donors (Lipinski definition) is 0. The van der Waals surface area contributed by atoms with Crippen molar-refractivity contribution in [3.05, 3.63) is 24.8 Å². The Morgan fingerprint density at radius 3 is 2.10 bits per heavy atom. The van der Waals surface area contributed by atoms with Gasteiger partial charge in [-0.3, -0.25) is 0 Å². The molecule has 1 aliphatic rings. The predicted octanol–water partition coefficient (Wildman–Crippen LogP) is 3.70. The molecule has 0 bridgehead atoms. The van der Waals surface area contributed by atoms with Crippen LogP contribution in [0.5, 0.6) is 0 Å². The van der Waals surface area contributed by atoms with Gasteiger partial charge in [0, 0.05) is 0 Å². The summed E-state index contributed by atoms with van der Waals surface area (Å²) in [5.41, 5.74) is 0. The van der Waals surface area contributed by atoms with Crippen molar-refractivity contribution < 1.29 is 0 Å². The molecule has 0 atom stereocenters. The van der Waals surface area contributed by atoms with Crippen LogP contribution in [0.15, 0.2) is 24.8 Å². The molecule has 0 aliphatic heterocycles. The van der Waals surface area contributed by atoms with E-state index < -0.39 is 0 Å². The molecule has 0 radical (unpaired) electrons. The first-order valence-corrected chi connectivity index (χ1v) is 4.17. The van der Waals surface area contributed by atoms with Gasteiger partial charge in [-0.05, 0) is 25.7 Å². The topological polar surface area (TPSA) is 0 Å². The quantitative estimate of drug-likeness (QED) is 0.510. The van der Waals surface area contributed by atoms with E-state index in [-0.39, 0.29) is 0 Å². The zero-order valence-electron chi connectivity index (χ0n) is 6.97. The Morgan fingerprint density at radius 2 is 2.00 bits per heavy atom. The van der Waals surface area contributed by atoms with Crippen LogP contribution < -0.4 is 0 Å². The van der Waals surface area contributed by atoms with Crippen LogP contribution in [-0.2, 0) is 0 Å². The maximum Gasteiger partial charge on any atom is -0.0348 e. The second-order valence-corrected chi connectivity index (χ2v) is 2.48. The molecule has 0 unspecified atom stereocenters. The predicted molar refractivity (Wildman–Crippen MR) is 48.1 cm³/mol. The average Bonchev–Trinajstić information content (AvgIpc) is 2.44. The summed E-state index contributed by atoms with van der Waals surface area (Å²) in [6, 6.07) is 0. The molecule has 1 rings (SSSR count). The molecule has 0 saturated heterocycles. The van der Waals surface area contributed by atoms with E-state index in [4.69, 9.17) is 0 Å². The lowest BCUT2D eigenvalue weighted by Crippen LogP contribution is -1.52. The van der Waals surface area contributed by atoms with Gasteiger partial charge < -0.3 is 0 Å². The average molecular weight is 138 g/mol. The molecule has 10 heavy (non-hydrogen) atoms. The Kier molecular flexibility index (Phi) is 8.04. The highest BCUT2D eigenvalue weighted by atomic mass is 13.9. The third-order valence-electron chi connectivity index (χ3n) is 1.40. The van der Waals surface area contributed by atoms with Gasteiger partial charge in [0.15, 0.2) is 0 Å². The number of rotatable bonds is 2. The van der Waals surface area contributed by atoms with Gasteiger partial charge in [0.25, 0.3) is 0 Å². The summed E-state index contributed by atoms with van der Waals surface area (Å²) < 4.78 is 0. The fraction of sp³-hybridized carbons (Fsp3) is 0.600. The van der Waals surface area contributed by atoms with Crippen molar-refractivity contribution in [1.82, 2.24) is 0 Å². The van der Waals surface area contributed by atoms with Crippen LogP contribution >= 0.6 is 0 Å².